The molecule has 1 amide bonds. The summed E-state index contributed by atoms with van der Waals surface area (Å²) < 4.78 is 5.41. The molecule has 2 unspecified atom stereocenters. The van der Waals surface area contributed by atoms with E-state index in [1.807, 2.05) is 4.90 Å². The van der Waals surface area contributed by atoms with Crippen LogP contribution in [0.15, 0.2) is 4.42 Å². The number of halogens is 1. The summed E-state index contributed by atoms with van der Waals surface area (Å²) in [6, 6.07) is 0.117. The minimum Gasteiger partial charge on any atom is -0.436 e. The van der Waals surface area contributed by atoms with Crippen molar-refractivity contribution in [2.45, 2.75) is 39.7 Å². The predicted octanol–water partition coefficient (Wildman–Crippen LogP) is 1.91. The number of piperidine rings is 1. The Kier molecular flexibility index (Phi) is 5.38. The topological polar surface area (TPSA) is 72.4 Å². The molecule has 5 nitrogen and oxygen atoms in total. The second kappa shape index (κ2) is 6.39. The monoisotopic (exact) mass is 287 g/mol. The summed E-state index contributed by atoms with van der Waals surface area (Å²) in [5.41, 5.74) is 6.43. The van der Waals surface area contributed by atoms with Crippen LogP contribution in [0, 0.1) is 19.8 Å². The third-order valence-electron chi connectivity index (χ3n) is 3.61. The number of amides is 1. The molecule has 0 aliphatic carbocycles. The molecule has 0 saturated carbocycles. The molecule has 0 aromatic carbocycles. The number of carbonyl (C=O) groups excluding carboxylic acids is 1. The number of nitrogens with two attached hydrogens (primary N) is 1. The van der Waals surface area contributed by atoms with Gasteiger partial charge in [0.1, 0.15) is 0 Å². The van der Waals surface area contributed by atoms with Gasteiger partial charge in [-0.15, -0.1) is 12.4 Å². The Morgan fingerprint density at radius 3 is 2.74 bits per heavy atom. The highest BCUT2D eigenvalue weighted by Gasteiger charge is 2.32. The van der Waals surface area contributed by atoms with Crippen molar-refractivity contribution >= 4 is 18.3 Å². The molecule has 2 atom stereocenters. The molecule has 1 aromatic heterocycles. The average molecular weight is 288 g/mol. The minimum atomic E-state index is -0.0737. The minimum absolute atomic E-state index is 0. The normalized spacial score (nSPS) is 23.1. The number of likely N-dealkylation sites (tertiary alicyclic amines) is 1. The lowest BCUT2D eigenvalue weighted by Gasteiger charge is -2.37. The highest BCUT2D eigenvalue weighted by molar-refractivity contribution is 5.92. The van der Waals surface area contributed by atoms with E-state index in [0.717, 1.165) is 19.4 Å². The van der Waals surface area contributed by atoms with E-state index in [2.05, 4.69) is 11.9 Å². The summed E-state index contributed by atoms with van der Waals surface area (Å²) in [7, 11) is 0. The van der Waals surface area contributed by atoms with Crippen LogP contribution in [0.2, 0.25) is 0 Å². The Hall–Kier alpha value is -1.07. The molecule has 19 heavy (non-hydrogen) atoms. The SMILES string of the molecule is Cc1nc(C)c(C(=O)N2CCC(C)CC2CN)o1.Cl. The lowest BCUT2D eigenvalue weighted by molar-refractivity contribution is 0.0539. The molecule has 1 aliphatic rings. The Labute approximate surface area is 120 Å². The van der Waals surface area contributed by atoms with E-state index in [9.17, 15) is 4.79 Å². The number of carbonyl (C=O) groups is 1. The van der Waals surface area contributed by atoms with E-state index in [0.29, 0.717) is 29.8 Å². The first-order valence-electron chi connectivity index (χ1n) is 6.48. The van der Waals surface area contributed by atoms with Crippen LogP contribution in [0.1, 0.15) is 41.9 Å². The molecule has 2 N–H and O–H groups in total. The quantitative estimate of drug-likeness (QED) is 0.902. The van der Waals surface area contributed by atoms with Gasteiger partial charge in [-0.3, -0.25) is 4.79 Å². The Morgan fingerprint density at radius 1 is 1.53 bits per heavy atom. The summed E-state index contributed by atoms with van der Waals surface area (Å²) in [5.74, 6) is 1.45. The lowest BCUT2D eigenvalue weighted by atomic mass is 9.92. The van der Waals surface area contributed by atoms with Gasteiger partial charge in [0.05, 0.1) is 5.69 Å². The van der Waals surface area contributed by atoms with Gasteiger partial charge in [0.25, 0.3) is 5.91 Å². The third-order valence-corrected chi connectivity index (χ3v) is 3.61. The first-order chi connectivity index (χ1) is 8.52. The van der Waals surface area contributed by atoms with Gasteiger partial charge in [0, 0.05) is 26.1 Å². The van der Waals surface area contributed by atoms with E-state index in [1.165, 1.54) is 0 Å². The molecule has 1 aromatic rings. The van der Waals surface area contributed by atoms with Gasteiger partial charge in [0.2, 0.25) is 5.76 Å². The zero-order valence-electron chi connectivity index (χ0n) is 11.7. The molecule has 2 heterocycles. The molecule has 1 saturated heterocycles. The van der Waals surface area contributed by atoms with Gasteiger partial charge in [-0.25, -0.2) is 4.98 Å². The van der Waals surface area contributed by atoms with E-state index in [-0.39, 0.29) is 24.4 Å². The van der Waals surface area contributed by atoms with Gasteiger partial charge in [-0.1, -0.05) is 6.92 Å². The van der Waals surface area contributed by atoms with Crippen LogP contribution in [0.3, 0.4) is 0 Å². The maximum atomic E-state index is 12.4. The highest BCUT2D eigenvalue weighted by atomic mass is 35.5. The van der Waals surface area contributed by atoms with Crippen LogP contribution in [-0.2, 0) is 0 Å². The molecule has 0 radical (unpaired) electrons. The fourth-order valence-electron chi connectivity index (χ4n) is 2.60. The van der Waals surface area contributed by atoms with Crippen molar-refractivity contribution < 1.29 is 9.21 Å². The maximum absolute atomic E-state index is 12.4. The zero-order valence-corrected chi connectivity index (χ0v) is 12.5. The molecule has 1 fully saturated rings. The maximum Gasteiger partial charge on any atom is 0.291 e. The van der Waals surface area contributed by atoms with Crippen molar-refractivity contribution in [2.75, 3.05) is 13.1 Å². The van der Waals surface area contributed by atoms with Crippen LogP contribution in [-0.4, -0.2) is 34.9 Å². The molecule has 6 heteroatoms. The van der Waals surface area contributed by atoms with E-state index < -0.39 is 0 Å². The van der Waals surface area contributed by atoms with Crippen molar-refractivity contribution in [3.8, 4) is 0 Å². The van der Waals surface area contributed by atoms with Crippen LogP contribution in [0.4, 0.5) is 0 Å². The second-order valence-electron chi connectivity index (χ2n) is 5.17. The number of aryl methyl sites for hydroxylation is 2. The summed E-state index contributed by atoms with van der Waals surface area (Å²) in [6.45, 7) is 7.01. The van der Waals surface area contributed by atoms with Gasteiger partial charge in [-0.2, -0.15) is 0 Å². The van der Waals surface area contributed by atoms with E-state index in [4.69, 9.17) is 10.2 Å². The Bertz CT molecular complexity index is 447. The number of hydrogen-bond acceptors (Lipinski definition) is 4. The Morgan fingerprint density at radius 2 is 2.21 bits per heavy atom. The summed E-state index contributed by atoms with van der Waals surface area (Å²) in [6.07, 6.45) is 1.99. The number of nitrogens with zero attached hydrogens (tertiary/aromatic N) is 2. The smallest absolute Gasteiger partial charge is 0.291 e. The van der Waals surface area contributed by atoms with Gasteiger partial charge >= 0.3 is 0 Å². The molecule has 2 rings (SSSR count). The molecular formula is C13H22ClN3O2. The first-order valence-corrected chi connectivity index (χ1v) is 6.48. The number of rotatable bonds is 2. The summed E-state index contributed by atoms with van der Waals surface area (Å²) >= 11 is 0. The van der Waals surface area contributed by atoms with Crippen molar-refractivity contribution in [3.05, 3.63) is 17.3 Å². The second-order valence-corrected chi connectivity index (χ2v) is 5.17. The molecule has 0 spiro atoms. The van der Waals surface area contributed by atoms with Crippen LogP contribution in [0.5, 0.6) is 0 Å². The predicted molar refractivity (Wildman–Crippen MR) is 75.5 cm³/mol. The van der Waals surface area contributed by atoms with Crippen molar-refractivity contribution in [1.82, 2.24) is 9.88 Å². The fraction of sp³-hybridized carbons (Fsp3) is 0.692. The van der Waals surface area contributed by atoms with Gasteiger partial charge in [0.15, 0.2) is 5.89 Å². The molecular weight excluding hydrogens is 266 g/mol. The molecule has 1 aliphatic heterocycles. The number of hydrogen-bond donors (Lipinski definition) is 1. The highest BCUT2D eigenvalue weighted by Crippen LogP contribution is 2.24. The summed E-state index contributed by atoms with van der Waals surface area (Å²) in [5, 5.41) is 0. The van der Waals surface area contributed by atoms with E-state index >= 15 is 0 Å². The first kappa shape index (κ1) is 16.0. The fourth-order valence-corrected chi connectivity index (χ4v) is 2.60. The molecule has 0 bridgehead atoms. The number of oxazole rings is 1. The van der Waals surface area contributed by atoms with Crippen molar-refractivity contribution in [2.24, 2.45) is 11.7 Å². The third kappa shape index (κ3) is 3.28. The Balaban J connectivity index is 0.00000180. The lowest BCUT2D eigenvalue weighted by Crippen LogP contribution is -2.49. The van der Waals surface area contributed by atoms with Gasteiger partial charge < -0.3 is 15.1 Å². The average Bonchev–Trinajstić information content (AvgIpc) is 2.67. The van der Waals surface area contributed by atoms with E-state index in [1.54, 1.807) is 13.8 Å². The van der Waals surface area contributed by atoms with Gasteiger partial charge in [-0.05, 0) is 25.7 Å². The largest absolute Gasteiger partial charge is 0.436 e. The standard InChI is InChI=1S/C13H21N3O2.ClH/c1-8-4-5-16(11(6-8)7-14)13(17)12-9(2)15-10(3)18-12;/h8,11H,4-7,14H2,1-3H3;1H. The van der Waals surface area contributed by atoms with Crippen molar-refractivity contribution in [1.29, 1.82) is 0 Å². The zero-order chi connectivity index (χ0) is 13.3. The van der Waals surface area contributed by atoms with Crippen LogP contribution >= 0.6 is 12.4 Å². The summed E-state index contributed by atoms with van der Waals surface area (Å²) in [4.78, 5) is 18.4. The van der Waals surface area contributed by atoms with Crippen LogP contribution in [0.25, 0.3) is 0 Å². The molecule has 108 valence electrons. The number of aromatic nitrogens is 1. The van der Waals surface area contributed by atoms with Crippen molar-refractivity contribution in [3.63, 3.8) is 0 Å². The van der Waals surface area contributed by atoms with Crippen LogP contribution < -0.4 is 5.73 Å².